The molecule has 0 radical (unpaired) electrons. The van der Waals surface area contributed by atoms with Crippen molar-refractivity contribution in [3.05, 3.63) is 107 Å². The summed E-state index contributed by atoms with van der Waals surface area (Å²) < 4.78 is 12.0. The van der Waals surface area contributed by atoms with E-state index in [9.17, 15) is 9.59 Å². The van der Waals surface area contributed by atoms with Gasteiger partial charge in [-0.3, -0.25) is 19.7 Å². The van der Waals surface area contributed by atoms with Crippen LogP contribution in [0.15, 0.2) is 94.7 Å². The third-order valence-electron chi connectivity index (χ3n) is 5.00. The van der Waals surface area contributed by atoms with Crippen LogP contribution in [0.4, 0.5) is 5.69 Å². The van der Waals surface area contributed by atoms with E-state index in [1.54, 1.807) is 6.92 Å². The molecule has 7 nitrogen and oxygen atoms in total. The molecule has 0 bridgehead atoms. The van der Waals surface area contributed by atoms with Crippen LogP contribution in [-0.2, 0) is 16.0 Å². The Kier molecular flexibility index (Phi) is 6.50. The number of hydrogen-bond donors (Lipinski definition) is 1. The zero-order valence-corrected chi connectivity index (χ0v) is 18.3. The zero-order chi connectivity index (χ0) is 23.2. The second-order valence-corrected chi connectivity index (χ2v) is 7.30. The van der Waals surface area contributed by atoms with E-state index in [2.05, 4.69) is 10.1 Å². The first-order chi connectivity index (χ1) is 16.0. The summed E-state index contributed by atoms with van der Waals surface area (Å²) in [5.74, 6) is 0.969. The van der Waals surface area contributed by atoms with E-state index in [-0.39, 0.29) is 12.0 Å². The Bertz CT molecular complexity index is 1320. The molecule has 1 N–H and O–H groups in total. The molecule has 0 amide bonds. The Morgan fingerprint density at radius 2 is 1.52 bits per heavy atom. The molecule has 1 aromatic heterocycles. The highest BCUT2D eigenvalue weighted by Crippen LogP contribution is 2.24. The minimum absolute atomic E-state index is 0.0718. The van der Waals surface area contributed by atoms with Crippen LogP contribution in [0.5, 0.6) is 11.5 Å². The number of aromatic nitrogens is 2. The minimum Gasteiger partial charge on any atom is -0.469 e. The Labute approximate surface area is 190 Å². The molecule has 0 saturated carbocycles. The molecule has 0 aliphatic heterocycles. The average molecular weight is 441 g/mol. The molecule has 0 aliphatic rings. The van der Waals surface area contributed by atoms with Crippen LogP contribution in [-0.4, -0.2) is 28.6 Å². The first kappa shape index (κ1) is 21.8. The van der Waals surface area contributed by atoms with Crippen molar-refractivity contribution in [1.29, 1.82) is 0 Å². The number of nitrogens with one attached hydrogen (secondary N) is 1. The number of carbonyl (C=O) groups excluding carboxylic acids is 1. The number of H-pyrrole nitrogens is 1. The summed E-state index contributed by atoms with van der Waals surface area (Å²) in [5.41, 5.74) is 2.31. The molecule has 0 saturated heterocycles. The maximum atomic E-state index is 13.2. The van der Waals surface area contributed by atoms with Crippen LogP contribution < -0.4 is 10.3 Å². The maximum absolute atomic E-state index is 13.2. The quantitative estimate of drug-likeness (QED) is 0.329. The Balaban J connectivity index is 1.66. The number of hydrogen-bond acceptors (Lipinski definition) is 5. The van der Waals surface area contributed by atoms with Gasteiger partial charge in [-0.25, -0.2) is 4.68 Å². The third kappa shape index (κ3) is 5.10. The second kappa shape index (κ2) is 9.82. The number of aromatic amines is 1. The SMILES string of the molecule is COC(=O)Cc1[nH]n(-c2ccccc2)c(=O)c1C(C)=Nc1ccc(Oc2ccccc2)cc1. The van der Waals surface area contributed by atoms with Gasteiger partial charge in [0, 0.05) is 0 Å². The van der Waals surface area contributed by atoms with E-state index in [1.807, 2.05) is 84.9 Å². The summed E-state index contributed by atoms with van der Waals surface area (Å²) in [6, 6.07) is 25.9. The highest BCUT2D eigenvalue weighted by atomic mass is 16.5. The fourth-order valence-corrected chi connectivity index (χ4v) is 3.42. The van der Waals surface area contributed by atoms with Crippen LogP contribution in [0.25, 0.3) is 5.69 Å². The van der Waals surface area contributed by atoms with Gasteiger partial charge < -0.3 is 9.47 Å². The van der Waals surface area contributed by atoms with Crippen LogP contribution in [0.3, 0.4) is 0 Å². The van der Waals surface area contributed by atoms with Gasteiger partial charge in [0.25, 0.3) is 5.56 Å². The maximum Gasteiger partial charge on any atom is 0.311 e. The van der Waals surface area contributed by atoms with Crippen molar-refractivity contribution in [3.8, 4) is 17.2 Å². The van der Waals surface area contributed by atoms with E-state index < -0.39 is 5.97 Å². The van der Waals surface area contributed by atoms with Gasteiger partial charge in [0.05, 0.1) is 41.9 Å². The molecule has 1 heterocycles. The fourth-order valence-electron chi connectivity index (χ4n) is 3.42. The van der Waals surface area contributed by atoms with Gasteiger partial charge in [-0.15, -0.1) is 0 Å². The van der Waals surface area contributed by atoms with E-state index >= 15 is 0 Å². The van der Waals surface area contributed by atoms with Crippen molar-refractivity contribution in [2.24, 2.45) is 4.99 Å². The van der Waals surface area contributed by atoms with Crippen molar-refractivity contribution < 1.29 is 14.3 Å². The lowest BCUT2D eigenvalue weighted by Gasteiger charge is -2.06. The molecule has 0 spiro atoms. The largest absolute Gasteiger partial charge is 0.469 e. The van der Waals surface area contributed by atoms with Gasteiger partial charge >= 0.3 is 5.97 Å². The lowest BCUT2D eigenvalue weighted by atomic mass is 10.1. The van der Waals surface area contributed by atoms with Gasteiger partial charge in [0.2, 0.25) is 0 Å². The molecule has 0 aliphatic carbocycles. The van der Waals surface area contributed by atoms with Crippen molar-refractivity contribution in [2.75, 3.05) is 7.11 Å². The summed E-state index contributed by atoms with van der Waals surface area (Å²) >= 11 is 0. The highest BCUT2D eigenvalue weighted by Gasteiger charge is 2.20. The number of ether oxygens (including phenoxy) is 2. The van der Waals surface area contributed by atoms with Crippen molar-refractivity contribution >= 4 is 17.4 Å². The lowest BCUT2D eigenvalue weighted by Crippen LogP contribution is -2.20. The molecule has 7 heteroatoms. The number of methoxy groups -OCH3 is 1. The molecular weight excluding hydrogens is 418 g/mol. The molecule has 3 aromatic carbocycles. The number of aliphatic imine (C=N–C) groups is 1. The van der Waals surface area contributed by atoms with Crippen molar-refractivity contribution in [3.63, 3.8) is 0 Å². The zero-order valence-electron chi connectivity index (χ0n) is 18.3. The second-order valence-electron chi connectivity index (χ2n) is 7.30. The molecule has 4 rings (SSSR count). The number of para-hydroxylation sites is 2. The van der Waals surface area contributed by atoms with Crippen LogP contribution in [0.1, 0.15) is 18.2 Å². The fraction of sp³-hybridized carbons (Fsp3) is 0.115. The van der Waals surface area contributed by atoms with E-state index in [0.29, 0.717) is 34.1 Å². The third-order valence-corrected chi connectivity index (χ3v) is 5.00. The first-order valence-corrected chi connectivity index (χ1v) is 10.4. The number of rotatable bonds is 7. The van der Waals surface area contributed by atoms with Crippen molar-refractivity contribution in [2.45, 2.75) is 13.3 Å². The van der Waals surface area contributed by atoms with E-state index in [4.69, 9.17) is 9.47 Å². The number of nitrogens with zero attached hydrogens (tertiary/aromatic N) is 2. The monoisotopic (exact) mass is 441 g/mol. The topological polar surface area (TPSA) is 85.7 Å². The molecule has 33 heavy (non-hydrogen) atoms. The summed E-state index contributed by atoms with van der Waals surface area (Å²) in [4.78, 5) is 29.8. The molecular formula is C26H23N3O4. The Morgan fingerprint density at radius 1 is 0.909 bits per heavy atom. The normalized spacial score (nSPS) is 11.3. The average Bonchev–Trinajstić information content (AvgIpc) is 3.17. The van der Waals surface area contributed by atoms with Crippen LogP contribution in [0, 0.1) is 0 Å². The molecule has 0 fully saturated rings. The number of carbonyl (C=O) groups is 1. The van der Waals surface area contributed by atoms with Gasteiger partial charge in [0.1, 0.15) is 11.5 Å². The predicted octanol–water partition coefficient (Wildman–Crippen LogP) is 4.81. The van der Waals surface area contributed by atoms with Gasteiger partial charge in [-0.1, -0.05) is 36.4 Å². The summed E-state index contributed by atoms with van der Waals surface area (Å²) in [6.45, 7) is 1.75. The molecule has 166 valence electrons. The Morgan fingerprint density at radius 3 is 2.15 bits per heavy atom. The number of benzene rings is 3. The smallest absolute Gasteiger partial charge is 0.311 e. The van der Waals surface area contributed by atoms with Gasteiger partial charge in [-0.05, 0) is 55.5 Å². The van der Waals surface area contributed by atoms with Crippen LogP contribution >= 0.6 is 0 Å². The molecule has 0 atom stereocenters. The standard InChI is InChI=1S/C26H23N3O4/c1-18(27-19-13-15-22(16-14-19)33-21-11-7-4-8-12-21)25-23(17-24(30)32-2)28-29(26(25)31)20-9-5-3-6-10-20/h3-16,28H,17H2,1-2H3. The predicted molar refractivity (Wildman–Crippen MR) is 127 cm³/mol. The van der Waals surface area contributed by atoms with Gasteiger partial charge in [-0.2, -0.15) is 0 Å². The summed E-state index contributed by atoms with van der Waals surface area (Å²) in [5, 5.41) is 3.04. The van der Waals surface area contributed by atoms with Gasteiger partial charge in [0.15, 0.2) is 0 Å². The number of esters is 1. The van der Waals surface area contributed by atoms with E-state index in [1.165, 1.54) is 11.8 Å². The molecule has 0 unspecified atom stereocenters. The van der Waals surface area contributed by atoms with Crippen molar-refractivity contribution in [1.82, 2.24) is 9.78 Å². The lowest BCUT2D eigenvalue weighted by molar-refractivity contribution is -0.139. The minimum atomic E-state index is -0.451. The highest BCUT2D eigenvalue weighted by molar-refractivity contribution is 6.01. The Hall–Kier alpha value is -4.39. The van der Waals surface area contributed by atoms with Crippen LogP contribution in [0.2, 0.25) is 0 Å². The van der Waals surface area contributed by atoms with E-state index in [0.717, 1.165) is 5.75 Å². The summed E-state index contributed by atoms with van der Waals surface area (Å²) in [7, 11) is 1.31. The molecule has 4 aromatic rings. The first-order valence-electron chi connectivity index (χ1n) is 10.4. The summed E-state index contributed by atoms with van der Waals surface area (Å²) in [6.07, 6.45) is -0.0718.